The first kappa shape index (κ1) is 20.0. The minimum atomic E-state index is -1.28. The molecule has 2 heterocycles. The van der Waals surface area contributed by atoms with Crippen molar-refractivity contribution in [3.8, 4) is 5.75 Å². The summed E-state index contributed by atoms with van der Waals surface area (Å²) in [6.07, 6.45) is 1.68. The van der Waals surface area contributed by atoms with Crippen LogP contribution in [0.1, 0.15) is 19.8 Å². The molecule has 150 valence electrons. The molecule has 1 N–H and O–H groups in total. The van der Waals surface area contributed by atoms with Crippen molar-refractivity contribution >= 4 is 5.91 Å². The second kappa shape index (κ2) is 8.50. The number of aliphatic hydroxyl groups is 1. The minimum Gasteiger partial charge on any atom is -0.490 e. The summed E-state index contributed by atoms with van der Waals surface area (Å²) in [6.45, 7) is 4.46. The number of benzene rings is 1. The summed E-state index contributed by atoms with van der Waals surface area (Å²) in [5, 5.41) is 10.9. The fourth-order valence-electron chi connectivity index (χ4n) is 3.72. The van der Waals surface area contributed by atoms with Crippen LogP contribution in [0.25, 0.3) is 0 Å². The fraction of sp³-hybridized carbons (Fsp3) is 0.632. The third-order valence-electron chi connectivity index (χ3n) is 5.16. The van der Waals surface area contributed by atoms with Crippen molar-refractivity contribution in [1.29, 1.82) is 0 Å². The van der Waals surface area contributed by atoms with E-state index in [9.17, 15) is 18.7 Å². The number of carbonyl (C=O) groups excluding carboxylic acids is 1. The van der Waals surface area contributed by atoms with Crippen molar-refractivity contribution in [1.82, 2.24) is 9.80 Å². The van der Waals surface area contributed by atoms with Crippen LogP contribution in [0.2, 0.25) is 0 Å². The molecule has 2 saturated heterocycles. The molecule has 0 radical (unpaired) electrons. The highest BCUT2D eigenvalue weighted by Gasteiger charge is 2.37. The number of rotatable bonds is 4. The summed E-state index contributed by atoms with van der Waals surface area (Å²) < 4.78 is 37.6. The molecule has 1 amide bonds. The first-order valence-electron chi connectivity index (χ1n) is 9.23. The first-order valence-corrected chi connectivity index (χ1v) is 9.23. The Hall–Kier alpha value is -1.77. The van der Waals surface area contributed by atoms with Crippen LogP contribution in [0.3, 0.4) is 0 Å². The molecule has 2 aliphatic heterocycles. The average molecular weight is 384 g/mol. The number of nitrogens with zero attached hydrogens (tertiary/aromatic N) is 2. The van der Waals surface area contributed by atoms with E-state index < -0.39 is 17.2 Å². The Balaban J connectivity index is 1.60. The molecule has 6 nitrogen and oxygen atoms in total. The van der Waals surface area contributed by atoms with Gasteiger partial charge in [0.2, 0.25) is 5.91 Å². The number of amides is 1. The number of hydrogen-bond donors (Lipinski definition) is 1. The maximum absolute atomic E-state index is 13.3. The van der Waals surface area contributed by atoms with E-state index in [0.29, 0.717) is 32.8 Å². The Kier molecular flexibility index (Phi) is 6.29. The third-order valence-corrected chi connectivity index (χ3v) is 5.16. The molecule has 2 aliphatic rings. The molecule has 1 aromatic carbocycles. The zero-order valence-electron chi connectivity index (χ0n) is 15.5. The summed E-state index contributed by atoms with van der Waals surface area (Å²) in [7, 11) is 0. The maximum Gasteiger partial charge on any atom is 0.219 e. The molecule has 1 unspecified atom stereocenters. The third kappa shape index (κ3) is 5.37. The van der Waals surface area contributed by atoms with Gasteiger partial charge in [0.15, 0.2) is 0 Å². The van der Waals surface area contributed by atoms with Crippen molar-refractivity contribution < 1.29 is 28.2 Å². The summed E-state index contributed by atoms with van der Waals surface area (Å²) in [6, 6.07) is 3.18. The number of β-amino-alcohol motifs (C(OH)–C–C–N with tert-alkyl or cyclic N) is 1. The number of halogens is 2. The normalized spacial score (nSPS) is 25.3. The van der Waals surface area contributed by atoms with E-state index in [1.54, 1.807) is 6.92 Å². The van der Waals surface area contributed by atoms with Crippen LogP contribution in [0.15, 0.2) is 18.2 Å². The predicted molar refractivity (Wildman–Crippen MR) is 94.5 cm³/mol. The van der Waals surface area contributed by atoms with Gasteiger partial charge in [-0.05, 0) is 12.8 Å². The Morgan fingerprint density at radius 3 is 2.56 bits per heavy atom. The number of piperidine rings is 1. The van der Waals surface area contributed by atoms with Crippen molar-refractivity contribution in [2.45, 2.75) is 31.4 Å². The molecule has 8 heteroatoms. The predicted octanol–water partition coefficient (Wildman–Crippen LogP) is 1.42. The number of likely N-dealkylation sites (tertiary alicyclic amines) is 1. The topological polar surface area (TPSA) is 62.2 Å². The molecule has 0 bridgehead atoms. The highest BCUT2D eigenvalue weighted by atomic mass is 19.1. The van der Waals surface area contributed by atoms with E-state index in [4.69, 9.17) is 9.47 Å². The van der Waals surface area contributed by atoms with E-state index in [1.807, 2.05) is 4.90 Å². The van der Waals surface area contributed by atoms with Crippen molar-refractivity contribution in [2.24, 2.45) is 0 Å². The molecular formula is C19H26F2N2O4. The molecule has 0 aromatic heterocycles. The van der Waals surface area contributed by atoms with Crippen molar-refractivity contribution in [3.63, 3.8) is 0 Å². The molecule has 0 aliphatic carbocycles. The SMILES string of the molecule is CC(=O)N1CCC(N2CCOCC(O)(COc3cc(F)cc(F)c3)C2)CC1. The van der Waals surface area contributed by atoms with E-state index in [-0.39, 0.29) is 30.9 Å². The highest BCUT2D eigenvalue weighted by Crippen LogP contribution is 2.23. The van der Waals surface area contributed by atoms with E-state index >= 15 is 0 Å². The monoisotopic (exact) mass is 384 g/mol. The Morgan fingerprint density at radius 2 is 1.93 bits per heavy atom. The summed E-state index contributed by atoms with van der Waals surface area (Å²) in [4.78, 5) is 15.5. The van der Waals surface area contributed by atoms with Crippen molar-refractivity contribution in [3.05, 3.63) is 29.8 Å². The second-order valence-electron chi connectivity index (χ2n) is 7.38. The maximum atomic E-state index is 13.3. The molecule has 27 heavy (non-hydrogen) atoms. The lowest BCUT2D eigenvalue weighted by Gasteiger charge is -2.40. The zero-order chi connectivity index (χ0) is 19.4. The quantitative estimate of drug-likeness (QED) is 0.851. The molecule has 0 spiro atoms. The van der Waals surface area contributed by atoms with Gasteiger partial charge in [0, 0.05) is 57.3 Å². The highest BCUT2D eigenvalue weighted by molar-refractivity contribution is 5.73. The van der Waals surface area contributed by atoms with Crippen LogP contribution in [0.5, 0.6) is 5.75 Å². The van der Waals surface area contributed by atoms with Gasteiger partial charge < -0.3 is 19.5 Å². The van der Waals surface area contributed by atoms with Gasteiger partial charge in [0.1, 0.15) is 29.6 Å². The molecule has 2 fully saturated rings. The lowest BCUT2D eigenvalue weighted by molar-refractivity contribution is -0.130. The summed E-state index contributed by atoms with van der Waals surface area (Å²) in [5.74, 6) is -1.34. The molecular weight excluding hydrogens is 358 g/mol. The van der Waals surface area contributed by atoms with Crippen LogP contribution in [-0.4, -0.2) is 78.5 Å². The second-order valence-corrected chi connectivity index (χ2v) is 7.38. The molecule has 1 atom stereocenters. The number of hydrogen-bond acceptors (Lipinski definition) is 5. The smallest absolute Gasteiger partial charge is 0.219 e. The first-order chi connectivity index (χ1) is 12.8. The lowest BCUT2D eigenvalue weighted by atomic mass is 9.99. The molecule has 3 rings (SSSR count). The van der Waals surface area contributed by atoms with Gasteiger partial charge in [-0.1, -0.05) is 0 Å². The summed E-state index contributed by atoms with van der Waals surface area (Å²) in [5.41, 5.74) is -1.28. The van der Waals surface area contributed by atoms with Crippen LogP contribution in [-0.2, 0) is 9.53 Å². The van der Waals surface area contributed by atoms with Gasteiger partial charge >= 0.3 is 0 Å². The number of ether oxygens (including phenoxy) is 2. The van der Waals surface area contributed by atoms with E-state index in [1.165, 1.54) is 0 Å². The zero-order valence-corrected chi connectivity index (χ0v) is 15.5. The van der Waals surface area contributed by atoms with Gasteiger partial charge in [-0.3, -0.25) is 9.69 Å². The van der Waals surface area contributed by atoms with Gasteiger partial charge in [-0.2, -0.15) is 0 Å². The largest absolute Gasteiger partial charge is 0.490 e. The van der Waals surface area contributed by atoms with Gasteiger partial charge in [0.25, 0.3) is 0 Å². The van der Waals surface area contributed by atoms with Gasteiger partial charge in [-0.25, -0.2) is 8.78 Å². The fourth-order valence-corrected chi connectivity index (χ4v) is 3.72. The van der Waals surface area contributed by atoms with Crippen LogP contribution < -0.4 is 4.74 Å². The minimum absolute atomic E-state index is 0.0338. The van der Waals surface area contributed by atoms with Crippen LogP contribution in [0, 0.1) is 11.6 Å². The standard InChI is InChI=1S/C19H26F2N2O4/c1-14(24)22-4-2-17(3-5-22)23-6-7-26-12-19(25,11-23)13-27-18-9-15(20)8-16(21)10-18/h8-10,17,25H,2-7,11-13H2,1H3. The Bertz CT molecular complexity index is 647. The Labute approximate surface area is 157 Å². The molecule has 0 saturated carbocycles. The average Bonchev–Trinajstić information content (AvgIpc) is 2.82. The summed E-state index contributed by atoms with van der Waals surface area (Å²) >= 11 is 0. The van der Waals surface area contributed by atoms with Crippen molar-refractivity contribution in [2.75, 3.05) is 46.0 Å². The Morgan fingerprint density at radius 1 is 1.26 bits per heavy atom. The number of carbonyl (C=O) groups is 1. The molecule has 1 aromatic rings. The van der Waals surface area contributed by atoms with E-state index in [2.05, 4.69) is 4.90 Å². The van der Waals surface area contributed by atoms with E-state index in [0.717, 1.165) is 31.0 Å². The van der Waals surface area contributed by atoms with Crippen LogP contribution in [0.4, 0.5) is 8.78 Å². The van der Waals surface area contributed by atoms with Gasteiger partial charge in [-0.15, -0.1) is 0 Å². The van der Waals surface area contributed by atoms with Gasteiger partial charge in [0.05, 0.1) is 13.2 Å². The van der Waals surface area contributed by atoms with Crippen LogP contribution >= 0.6 is 0 Å². The lowest BCUT2D eigenvalue weighted by Crippen LogP contribution is -2.53.